The van der Waals surface area contributed by atoms with Crippen molar-refractivity contribution in [3.05, 3.63) is 24.3 Å². The van der Waals surface area contributed by atoms with Crippen LogP contribution in [0.15, 0.2) is 24.3 Å². The van der Waals surface area contributed by atoms with E-state index < -0.39 is 8.32 Å². The molecule has 2 nitrogen and oxygen atoms in total. The minimum Gasteiger partial charge on any atom is -0.414 e. The van der Waals surface area contributed by atoms with Gasteiger partial charge in [0.2, 0.25) is 8.32 Å². The number of ether oxygens (including phenoxy) is 1. The van der Waals surface area contributed by atoms with Crippen molar-refractivity contribution in [1.82, 2.24) is 0 Å². The Morgan fingerprint density at radius 2 is 2.00 bits per heavy atom. The molecular formula is C14H26O2Si. The van der Waals surface area contributed by atoms with Crippen molar-refractivity contribution in [3.63, 3.8) is 0 Å². The minimum atomic E-state index is -1.90. The second-order valence-electron chi connectivity index (χ2n) is 5.53. The molecular weight excluding hydrogens is 228 g/mol. The summed E-state index contributed by atoms with van der Waals surface area (Å²) >= 11 is 0. The molecule has 1 unspecified atom stereocenters. The molecule has 0 heterocycles. The first-order valence-electron chi connectivity index (χ1n) is 6.56. The van der Waals surface area contributed by atoms with E-state index >= 15 is 0 Å². The highest BCUT2D eigenvalue weighted by atomic mass is 28.4. The second kappa shape index (κ2) is 5.98. The highest BCUT2D eigenvalue weighted by Gasteiger charge is 2.47. The number of allylic oxidation sites excluding steroid dienone is 2. The summed E-state index contributed by atoms with van der Waals surface area (Å²) in [6, 6.07) is 0. The zero-order valence-electron chi connectivity index (χ0n) is 11.8. The number of hydrogen-bond donors (Lipinski definition) is 0. The van der Waals surface area contributed by atoms with Gasteiger partial charge in [-0.15, -0.1) is 0 Å². The first-order chi connectivity index (χ1) is 7.93. The third-order valence-electron chi connectivity index (χ3n) is 3.23. The van der Waals surface area contributed by atoms with Crippen molar-refractivity contribution >= 4 is 8.32 Å². The van der Waals surface area contributed by atoms with E-state index in [1.54, 1.807) is 0 Å². The van der Waals surface area contributed by atoms with E-state index in [-0.39, 0.29) is 5.22 Å². The SMILES string of the molecule is CCOC1([Si](C)(C)OCC(C)C)C=CC=CC1. The van der Waals surface area contributed by atoms with Crippen LogP contribution in [0.4, 0.5) is 0 Å². The van der Waals surface area contributed by atoms with Gasteiger partial charge in [-0.05, 0) is 32.4 Å². The van der Waals surface area contributed by atoms with E-state index in [1.165, 1.54) is 0 Å². The van der Waals surface area contributed by atoms with Gasteiger partial charge in [-0.1, -0.05) is 38.2 Å². The molecule has 0 spiro atoms. The lowest BCUT2D eigenvalue weighted by Gasteiger charge is -2.43. The summed E-state index contributed by atoms with van der Waals surface area (Å²) in [5, 5.41) is -0.189. The fourth-order valence-corrected chi connectivity index (χ4v) is 4.68. The highest BCUT2D eigenvalue weighted by molar-refractivity contribution is 6.74. The standard InChI is InChI=1S/C14H26O2Si/c1-6-15-14(10-8-7-9-11-14)17(4,5)16-12-13(2)3/h7-10,13H,6,11-12H2,1-5H3. The molecule has 17 heavy (non-hydrogen) atoms. The van der Waals surface area contributed by atoms with E-state index in [0.717, 1.165) is 19.6 Å². The van der Waals surface area contributed by atoms with Gasteiger partial charge in [-0.2, -0.15) is 0 Å². The average Bonchev–Trinajstić information content (AvgIpc) is 2.28. The third-order valence-corrected chi connectivity index (χ3v) is 6.67. The van der Waals surface area contributed by atoms with Crippen LogP contribution in [0, 0.1) is 5.92 Å². The lowest BCUT2D eigenvalue weighted by Crippen LogP contribution is -2.57. The molecule has 98 valence electrons. The Morgan fingerprint density at radius 3 is 2.47 bits per heavy atom. The van der Waals surface area contributed by atoms with Crippen LogP contribution >= 0.6 is 0 Å². The van der Waals surface area contributed by atoms with Crippen molar-refractivity contribution < 1.29 is 9.16 Å². The maximum Gasteiger partial charge on any atom is 0.223 e. The molecule has 0 aromatic heterocycles. The summed E-state index contributed by atoms with van der Waals surface area (Å²) in [6.07, 6.45) is 9.50. The molecule has 0 saturated carbocycles. The average molecular weight is 254 g/mol. The summed E-state index contributed by atoms with van der Waals surface area (Å²) in [5.74, 6) is 0.573. The molecule has 0 radical (unpaired) electrons. The molecule has 3 heteroatoms. The second-order valence-corrected chi connectivity index (χ2v) is 9.68. The Kier molecular flexibility index (Phi) is 5.16. The van der Waals surface area contributed by atoms with Crippen LogP contribution in [0.3, 0.4) is 0 Å². The lowest BCUT2D eigenvalue weighted by atomic mass is 10.1. The van der Waals surface area contributed by atoms with Crippen molar-refractivity contribution in [2.24, 2.45) is 5.92 Å². The molecule has 0 aromatic rings. The van der Waals surface area contributed by atoms with Crippen molar-refractivity contribution in [1.29, 1.82) is 0 Å². The molecule has 1 aliphatic rings. The topological polar surface area (TPSA) is 18.5 Å². The predicted octanol–water partition coefficient (Wildman–Crippen LogP) is 3.69. The van der Waals surface area contributed by atoms with Gasteiger partial charge in [0.1, 0.15) is 5.22 Å². The lowest BCUT2D eigenvalue weighted by molar-refractivity contribution is 0.0358. The molecule has 0 saturated heterocycles. The third kappa shape index (κ3) is 3.54. The predicted molar refractivity (Wildman–Crippen MR) is 75.5 cm³/mol. The summed E-state index contributed by atoms with van der Waals surface area (Å²) in [4.78, 5) is 0. The van der Waals surface area contributed by atoms with Crippen molar-refractivity contribution in [3.8, 4) is 0 Å². The van der Waals surface area contributed by atoms with Crippen molar-refractivity contribution in [2.75, 3.05) is 13.2 Å². The number of hydrogen-bond acceptors (Lipinski definition) is 2. The quantitative estimate of drug-likeness (QED) is 0.673. The van der Waals surface area contributed by atoms with Gasteiger partial charge in [0.25, 0.3) is 0 Å². The molecule has 1 aliphatic carbocycles. The van der Waals surface area contributed by atoms with Gasteiger partial charge in [0, 0.05) is 13.2 Å². The Morgan fingerprint density at radius 1 is 1.29 bits per heavy atom. The van der Waals surface area contributed by atoms with Crippen LogP contribution < -0.4 is 0 Å². The monoisotopic (exact) mass is 254 g/mol. The minimum absolute atomic E-state index is 0.189. The number of rotatable bonds is 6. The normalized spacial score (nSPS) is 24.6. The summed E-state index contributed by atoms with van der Waals surface area (Å²) in [6.45, 7) is 12.5. The highest BCUT2D eigenvalue weighted by Crippen LogP contribution is 2.34. The van der Waals surface area contributed by atoms with Crippen LogP contribution in [-0.4, -0.2) is 26.8 Å². The molecule has 0 amide bonds. The first kappa shape index (κ1) is 14.7. The molecule has 0 aromatic carbocycles. The largest absolute Gasteiger partial charge is 0.414 e. The smallest absolute Gasteiger partial charge is 0.223 e. The van der Waals surface area contributed by atoms with E-state index in [4.69, 9.17) is 9.16 Å². The Hall–Kier alpha value is -0.383. The molecule has 1 rings (SSSR count). The summed E-state index contributed by atoms with van der Waals surface area (Å²) in [7, 11) is -1.90. The zero-order chi connectivity index (χ0) is 12.9. The van der Waals surface area contributed by atoms with Crippen LogP contribution in [0.25, 0.3) is 0 Å². The molecule has 0 bridgehead atoms. The van der Waals surface area contributed by atoms with Crippen molar-refractivity contribution in [2.45, 2.75) is 45.5 Å². The summed E-state index contributed by atoms with van der Waals surface area (Å²) < 4.78 is 12.3. The van der Waals surface area contributed by atoms with E-state index in [1.807, 2.05) is 0 Å². The van der Waals surface area contributed by atoms with Gasteiger partial charge < -0.3 is 9.16 Å². The van der Waals surface area contributed by atoms with E-state index in [2.05, 4.69) is 58.2 Å². The molecule has 1 atom stereocenters. The summed E-state index contributed by atoms with van der Waals surface area (Å²) in [5.41, 5.74) is 0. The van der Waals surface area contributed by atoms with E-state index in [0.29, 0.717) is 5.92 Å². The van der Waals surface area contributed by atoms with Gasteiger partial charge in [-0.25, -0.2) is 0 Å². The maximum atomic E-state index is 6.22. The van der Waals surface area contributed by atoms with Gasteiger partial charge in [0.05, 0.1) is 0 Å². The maximum absolute atomic E-state index is 6.22. The van der Waals surface area contributed by atoms with E-state index in [9.17, 15) is 0 Å². The van der Waals surface area contributed by atoms with Crippen LogP contribution in [0.2, 0.25) is 13.1 Å². The van der Waals surface area contributed by atoms with Gasteiger partial charge >= 0.3 is 0 Å². The van der Waals surface area contributed by atoms with Crippen LogP contribution in [0.5, 0.6) is 0 Å². The van der Waals surface area contributed by atoms with Crippen LogP contribution in [-0.2, 0) is 9.16 Å². The fraction of sp³-hybridized carbons (Fsp3) is 0.714. The fourth-order valence-electron chi connectivity index (χ4n) is 2.08. The van der Waals surface area contributed by atoms with Gasteiger partial charge in [-0.3, -0.25) is 0 Å². The molecule has 0 fully saturated rings. The zero-order valence-corrected chi connectivity index (χ0v) is 12.8. The van der Waals surface area contributed by atoms with Crippen LogP contribution in [0.1, 0.15) is 27.2 Å². The Bertz CT molecular complexity index is 295. The first-order valence-corrected chi connectivity index (χ1v) is 9.46. The molecule has 0 aliphatic heterocycles. The Balaban J connectivity index is 2.81. The Labute approximate surface area is 107 Å². The molecule has 0 N–H and O–H groups in total. The van der Waals surface area contributed by atoms with Gasteiger partial charge in [0.15, 0.2) is 0 Å².